The van der Waals surface area contributed by atoms with Crippen LogP contribution in [0.3, 0.4) is 0 Å². The van der Waals surface area contributed by atoms with Gasteiger partial charge in [-0.25, -0.2) is 10.4 Å². The standard InChI is InChI=1S/C30H26N4O2S/c35-29(33-31-19-23-15-17-26(18-16-23)36-21-25-11-5-2-6-12-25)22-37-30-32-27-13-7-8-14-28(27)34(30)20-24-9-3-1-4-10-24/h1-19H,20-22H2,(H,33,35)/b31-19+. The number of nitrogens with zero attached hydrogens (tertiary/aromatic N) is 3. The normalized spacial score (nSPS) is 11.1. The van der Waals surface area contributed by atoms with E-state index >= 15 is 0 Å². The number of carbonyl (C=O) groups excluding carboxylic acids is 1. The Morgan fingerprint density at radius 1 is 0.865 bits per heavy atom. The summed E-state index contributed by atoms with van der Waals surface area (Å²) in [5, 5.41) is 4.91. The fourth-order valence-corrected chi connectivity index (χ4v) is 4.62. The van der Waals surface area contributed by atoms with Crippen molar-refractivity contribution in [2.45, 2.75) is 18.3 Å². The van der Waals surface area contributed by atoms with Crippen LogP contribution in [-0.4, -0.2) is 27.4 Å². The predicted molar refractivity (Wildman–Crippen MR) is 149 cm³/mol. The summed E-state index contributed by atoms with van der Waals surface area (Å²) in [6.45, 7) is 1.20. The maximum Gasteiger partial charge on any atom is 0.250 e. The number of aromatic nitrogens is 2. The Kier molecular flexibility index (Phi) is 7.93. The Morgan fingerprint density at radius 2 is 1.54 bits per heavy atom. The number of hydrogen-bond donors (Lipinski definition) is 1. The number of ether oxygens (including phenoxy) is 1. The molecule has 5 rings (SSSR count). The summed E-state index contributed by atoms with van der Waals surface area (Å²) in [6, 6.07) is 35.9. The molecule has 184 valence electrons. The van der Waals surface area contributed by atoms with Gasteiger partial charge in [-0.3, -0.25) is 4.79 Å². The monoisotopic (exact) mass is 506 g/mol. The van der Waals surface area contributed by atoms with E-state index in [2.05, 4.69) is 33.3 Å². The zero-order chi connectivity index (χ0) is 25.3. The lowest BCUT2D eigenvalue weighted by Crippen LogP contribution is -2.20. The van der Waals surface area contributed by atoms with Crippen molar-refractivity contribution in [1.29, 1.82) is 0 Å². The molecular weight excluding hydrogens is 480 g/mol. The fourth-order valence-electron chi connectivity index (χ4n) is 3.81. The molecule has 1 amide bonds. The van der Waals surface area contributed by atoms with Gasteiger partial charge in [-0.15, -0.1) is 0 Å². The number of nitrogens with one attached hydrogen (secondary N) is 1. The van der Waals surface area contributed by atoms with E-state index in [1.54, 1.807) is 6.21 Å². The van der Waals surface area contributed by atoms with Gasteiger partial charge in [0, 0.05) is 0 Å². The zero-order valence-corrected chi connectivity index (χ0v) is 21.0. The number of hydrogen-bond acceptors (Lipinski definition) is 5. The largest absolute Gasteiger partial charge is 0.489 e. The highest BCUT2D eigenvalue weighted by molar-refractivity contribution is 7.99. The van der Waals surface area contributed by atoms with Gasteiger partial charge in [-0.2, -0.15) is 5.10 Å². The number of carbonyl (C=O) groups is 1. The molecule has 0 atom stereocenters. The van der Waals surface area contributed by atoms with Gasteiger partial charge in [0.1, 0.15) is 12.4 Å². The molecule has 1 aromatic heterocycles. The third-order valence-corrected chi connectivity index (χ3v) is 6.64. The second-order valence-electron chi connectivity index (χ2n) is 8.38. The van der Waals surface area contributed by atoms with E-state index in [0.717, 1.165) is 33.1 Å². The van der Waals surface area contributed by atoms with Gasteiger partial charge >= 0.3 is 0 Å². The first-order chi connectivity index (χ1) is 18.2. The van der Waals surface area contributed by atoms with Crippen LogP contribution in [0.5, 0.6) is 5.75 Å². The van der Waals surface area contributed by atoms with Crippen LogP contribution in [0, 0.1) is 0 Å². The van der Waals surface area contributed by atoms with Crippen molar-refractivity contribution < 1.29 is 9.53 Å². The van der Waals surface area contributed by atoms with Crippen LogP contribution in [0.15, 0.2) is 119 Å². The third kappa shape index (κ3) is 6.65. The fraction of sp³-hybridized carbons (Fsp3) is 0.100. The van der Waals surface area contributed by atoms with Crippen LogP contribution in [-0.2, 0) is 17.9 Å². The van der Waals surface area contributed by atoms with Crippen molar-refractivity contribution in [2.24, 2.45) is 5.10 Å². The van der Waals surface area contributed by atoms with E-state index in [0.29, 0.717) is 13.2 Å². The van der Waals surface area contributed by atoms with Crippen molar-refractivity contribution in [3.63, 3.8) is 0 Å². The topological polar surface area (TPSA) is 68.5 Å². The molecule has 0 aliphatic rings. The summed E-state index contributed by atoms with van der Waals surface area (Å²) in [4.78, 5) is 17.2. The molecule has 0 saturated heterocycles. The molecule has 0 bridgehead atoms. The Labute approximate surface area is 220 Å². The van der Waals surface area contributed by atoms with E-state index in [4.69, 9.17) is 9.72 Å². The minimum atomic E-state index is -0.192. The molecule has 0 fully saturated rings. The first-order valence-electron chi connectivity index (χ1n) is 12.0. The minimum absolute atomic E-state index is 0.192. The molecule has 1 N–H and O–H groups in total. The lowest BCUT2D eigenvalue weighted by atomic mass is 10.2. The van der Waals surface area contributed by atoms with Crippen molar-refractivity contribution in [3.05, 3.63) is 126 Å². The van der Waals surface area contributed by atoms with Gasteiger partial charge in [-0.1, -0.05) is 84.6 Å². The molecule has 0 aliphatic heterocycles. The van der Waals surface area contributed by atoms with Crippen LogP contribution in [0.25, 0.3) is 11.0 Å². The Balaban J connectivity index is 1.15. The molecule has 1 heterocycles. The van der Waals surface area contributed by atoms with E-state index in [-0.39, 0.29) is 11.7 Å². The summed E-state index contributed by atoms with van der Waals surface area (Å²) in [5.74, 6) is 0.795. The van der Waals surface area contributed by atoms with E-state index < -0.39 is 0 Å². The quantitative estimate of drug-likeness (QED) is 0.145. The molecular formula is C30H26N4O2S. The summed E-state index contributed by atoms with van der Waals surface area (Å²) >= 11 is 1.40. The summed E-state index contributed by atoms with van der Waals surface area (Å²) in [6.07, 6.45) is 1.62. The van der Waals surface area contributed by atoms with Crippen molar-refractivity contribution >= 4 is 34.9 Å². The maximum atomic E-state index is 12.5. The lowest BCUT2D eigenvalue weighted by molar-refractivity contribution is -0.118. The highest BCUT2D eigenvalue weighted by Gasteiger charge is 2.13. The minimum Gasteiger partial charge on any atom is -0.489 e. The van der Waals surface area contributed by atoms with Crippen LogP contribution in [0.4, 0.5) is 0 Å². The highest BCUT2D eigenvalue weighted by atomic mass is 32.2. The third-order valence-electron chi connectivity index (χ3n) is 5.67. The lowest BCUT2D eigenvalue weighted by Gasteiger charge is -2.09. The van der Waals surface area contributed by atoms with Gasteiger partial charge in [0.2, 0.25) is 0 Å². The molecule has 0 aliphatic carbocycles. The van der Waals surface area contributed by atoms with E-state index in [1.807, 2.05) is 91.0 Å². The van der Waals surface area contributed by atoms with Crippen LogP contribution >= 0.6 is 11.8 Å². The SMILES string of the molecule is O=C(CSc1nc2ccccc2n1Cc1ccccc1)N/N=C/c1ccc(OCc2ccccc2)cc1. The molecule has 4 aromatic carbocycles. The second-order valence-corrected chi connectivity index (χ2v) is 9.32. The smallest absolute Gasteiger partial charge is 0.250 e. The molecule has 0 saturated carbocycles. The van der Waals surface area contributed by atoms with E-state index in [9.17, 15) is 4.79 Å². The van der Waals surface area contributed by atoms with Gasteiger partial charge in [-0.05, 0) is 53.1 Å². The second kappa shape index (κ2) is 12.1. The highest BCUT2D eigenvalue weighted by Crippen LogP contribution is 2.25. The van der Waals surface area contributed by atoms with Gasteiger partial charge in [0.25, 0.3) is 5.91 Å². The number of rotatable bonds is 10. The van der Waals surface area contributed by atoms with Crippen LogP contribution in [0.2, 0.25) is 0 Å². The molecule has 5 aromatic rings. The maximum absolute atomic E-state index is 12.5. The summed E-state index contributed by atoms with van der Waals surface area (Å²) in [5.41, 5.74) is 7.72. The summed E-state index contributed by atoms with van der Waals surface area (Å²) < 4.78 is 7.95. The first-order valence-corrected chi connectivity index (χ1v) is 12.9. The molecule has 0 unspecified atom stereocenters. The molecule has 6 nitrogen and oxygen atoms in total. The van der Waals surface area contributed by atoms with Gasteiger partial charge in [0.15, 0.2) is 5.16 Å². The number of hydrazone groups is 1. The van der Waals surface area contributed by atoms with Gasteiger partial charge in [0.05, 0.1) is 29.5 Å². The number of thioether (sulfide) groups is 1. The number of fused-ring (bicyclic) bond motifs is 1. The molecule has 0 spiro atoms. The number of benzene rings is 4. The Hall–Kier alpha value is -4.36. The number of amides is 1. The van der Waals surface area contributed by atoms with Gasteiger partial charge < -0.3 is 9.30 Å². The molecule has 37 heavy (non-hydrogen) atoms. The zero-order valence-electron chi connectivity index (χ0n) is 20.2. The first kappa shape index (κ1) is 24.3. The van der Waals surface area contributed by atoms with Crippen molar-refractivity contribution in [2.75, 3.05) is 5.75 Å². The van der Waals surface area contributed by atoms with Crippen molar-refractivity contribution in [3.8, 4) is 5.75 Å². The molecule has 0 radical (unpaired) electrons. The predicted octanol–water partition coefficient (Wildman–Crippen LogP) is 5.91. The van der Waals surface area contributed by atoms with E-state index in [1.165, 1.54) is 17.3 Å². The average molecular weight is 507 g/mol. The Morgan fingerprint density at radius 3 is 2.30 bits per heavy atom. The van der Waals surface area contributed by atoms with Crippen LogP contribution in [0.1, 0.15) is 16.7 Å². The summed E-state index contributed by atoms with van der Waals surface area (Å²) in [7, 11) is 0. The number of para-hydroxylation sites is 2. The van der Waals surface area contributed by atoms with Crippen molar-refractivity contribution in [1.82, 2.24) is 15.0 Å². The molecule has 7 heteroatoms. The number of imidazole rings is 1. The Bertz CT molecular complexity index is 1480. The average Bonchev–Trinajstić information content (AvgIpc) is 3.30. The van der Waals surface area contributed by atoms with Crippen LogP contribution < -0.4 is 10.2 Å².